The normalized spacial score (nSPS) is 12.1. The van der Waals surface area contributed by atoms with Gasteiger partial charge in [-0.1, -0.05) is 176 Å². The average molecular weight is 615 g/mol. The van der Waals surface area contributed by atoms with Crippen LogP contribution in [0.15, 0.2) is 85.0 Å². The predicted octanol–water partition coefficient (Wildman–Crippen LogP) is 13.9. The van der Waals surface area contributed by atoms with Crippen molar-refractivity contribution in [2.24, 2.45) is 0 Å². The molecule has 0 spiro atoms. The second-order valence-electron chi connectivity index (χ2n) is 13.8. The molecule has 0 aliphatic heterocycles. The summed E-state index contributed by atoms with van der Waals surface area (Å²) in [6, 6.07) is 22.7. The Kier molecular flexibility index (Phi) is 24.4. The molecule has 0 radical (unpaired) electrons. The third kappa shape index (κ3) is 21.3. The molecule has 0 saturated carbocycles. The lowest BCUT2D eigenvalue weighted by Gasteiger charge is -2.39. The SMILES string of the molecule is CCC/C=C/CCCCCCCCCC[N+](CCCCCCCCCC/C=C/CCC)(Cc1ccccc1)Cc1ccccc1. The minimum Gasteiger partial charge on any atom is -0.316 e. The topological polar surface area (TPSA) is 0 Å². The fourth-order valence-corrected chi connectivity index (χ4v) is 6.77. The Morgan fingerprint density at radius 1 is 0.378 bits per heavy atom. The summed E-state index contributed by atoms with van der Waals surface area (Å²) in [5, 5.41) is 0. The largest absolute Gasteiger partial charge is 0.316 e. The number of hydrogen-bond acceptors (Lipinski definition) is 0. The molecule has 2 aromatic carbocycles. The van der Waals surface area contributed by atoms with Crippen LogP contribution in [-0.4, -0.2) is 17.6 Å². The molecule has 1 heteroatoms. The molecular formula is C44H72N+. The minimum atomic E-state index is 1.16. The highest BCUT2D eigenvalue weighted by Gasteiger charge is 2.27. The Hall–Kier alpha value is -2.12. The van der Waals surface area contributed by atoms with Gasteiger partial charge in [-0.05, 0) is 64.2 Å². The molecule has 1 nitrogen and oxygen atoms in total. The van der Waals surface area contributed by atoms with Crippen molar-refractivity contribution in [3.63, 3.8) is 0 Å². The zero-order chi connectivity index (χ0) is 31.9. The number of quaternary nitrogens is 1. The summed E-state index contributed by atoms with van der Waals surface area (Å²) < 4.78 is 1.21. The van der Waals surface area contributed by atoms with E-state index in [0.717, 1.165) is 13.1 Å². The van der Waals surface area contributed by atoms with Crippen LogP contribution in [0.4, 0.5) is 0 Å². The van der Waals surface area contributed by atoms with Gasteiger partial charge in [0.1, 0.15) is 13.1 Å². The van der Waals surface area contributed by atoms with Crippen LogP contribution < -0.4 is 0 Å². The smallest absolute Gasteiger partial charge is 0.105 e. The highest BCUT2D eigenvalue weighted by molar-refractivity contribution is 5.15. The molecule has 0 N–H and O–H groups in total. The van der Waals surface area contributed by atoms with Gasteiger partial charge in [0, 0.05) is 11.1 Å². The van der Waals surface area contributed by atoms with E-state index in [2.05, 4.69) is 98.8 Å². The van der Waals surface area contributed by atoms with E-state index in [9.17, 15) is 0 Å². The average Bonchev–Trinajstić information content (AvgIpc) is 3.06. The number of nitrogens with zero attached hydrogens (tertiary/aromatic N) is 1. The van der Waals surface area contributed by atoms with Crippen LogP contribution in [0.3, 0.4) is 0 Å². The standard InChI is InChI=1S/C44H72N/c1-3-5-7-9-11-13-15-17-19-21-23-25-33-39-45(41-43-35-29-27-30-36-43,42-44-37-31-28-32-38-44)40-34-26-24-22-20-18-16-14-12-10-8-6-4-2/h7-10,27-32,35-38H,3-6,11-26,33-34,39-42H2,1-2H3/q+1/b9-7+,10-8+. The number of allylic oxidation sites excluding steroid dienone is 4. The molecule has 0 unspecified atom stereocenters. The zero-order valence-corrected chi connectivity index (χ0v) is 29.9. The van der Waals surface area contributed by atoms with Gasteiger partial charge in [-0.25, -0.2) is 0 Å². The summed E-state index contributed by atoms with van der Waals surface area (Å²) in [5.74, 6) is 0. The minimum absolute atomic E-state index is 1.16. The lowest BCUT2D eigenvalue weighted by molar-refractivity contribution is -0.954. The van der Waals surface area contributed by atoms with Crippen molar-refractivity contribution in [3.8, 4) is 0 Å². The Balaban J connectivity index is 1.79. The molecule has 0 saturated heterocycles. The fraction of sp³-hybridized carbons (Fsp3) is 0.636. The third-order valence-electron chi connectivity index (χ3n) is 9.47. The van der Waals surface area contributed by atoms with Crippen molar-refractivity contribution in [2.75, 3.05) is 13.1 Å². The monoisotopic (exact) mass is 615 g/mol. The van der Waals surface area contributed by atoms with E-state index in [1.165, 1.54) is 170 Å². The van der Waals surface area contributed by atoms with E-state index >= 15 is 0 Å². The number of unbranched alkanes of at least 4 members (excludes halogenated alkanes) is 18. The van der Waals surface area contributed by atoms with Crippen molar-refractivity contribution in [1.82, 2.24) is 0 Å². The van der Waals surface area contributed by atoms with E-state index < -0.39 is 0 Å². The maximum Gasteiger partial charge on any atom is 0.105 e. The molecule has 45 heavy (non-hydrogen) atoms. The Morgan fingerprint density at radius 3 is 1.04 bits per heavy atom. The first-order valence-electron chi connectivity index (χ1n) is 19.5. The van der Waals surface area contributed by atoms with Gasteiger partial charge in [-0.15, -0.1) is 0 Å². The summed E-state index contributed by atoms with van der Waals surface area (Å²) in [4.78, 5) is 0. The number of rotatable bonds is 30. The Morgan fingerprint density at radius 2 is 0.689 bits per heavy atom. The number of hydrogen-bond donors (Lipinski definition) is 0. The molecule has 2 rings (SSSR count). The van der Waals surface area contributed by atoms with Crippen LogP contribution in [0, 0.1) is 0 Å². The summed E-state index contributed by atoms with van der Waals surface area (Å²) in [7, 11) is 0. The molecule has 0 aliphatic rings. The molecule has 0 aromatic heterocycles. The Bertz CT molecular complexity index is 864. The van der Waals surface area contributed by atoms with Gasteiger partial charge in [0.05, 0.1) is 13.1 Å². The van der Waals surface area contributed by atoms with Crippen molar-refractivity contribution in [1.29, 1.82) is 0 Å². The van der Waals surface area contributed by atoms with E-state index in [1.807, 2.05) is 0 Å². The van der Waals surface area contributed by atoms with Gasteiger partial charge < -0.3 is 4.48 Å². The van der Waals surface area contributed by atoms with E-state index in [4.69, 9.17) is 0 Å². The molecule has 0 heterocycles. The lowest BCUT2D eigenvalue weighted by atomic mass is 10.0. The van der Waals surface area contributed by atoms with Gasteiger partial charge in [-0.2, -0.15) is 0 Å². The van der Waals surface area contributed by atoms with Crippen LogP contribution in [0.1, 0.15) is 166 Å². The highest BCUT2D eigenvalue weighted by Crippen LogP contribution is 2.24. The molecule has 0 atom stereocenters. The summed E-state index contributed by atoms with van der Waals surface area (Å²) in [5.41, 5.74) is 3.00. The second kappa shape index (κ2) is 28.1. The quantitative estimate of drug-likeness (QED) is 0.0466. The zero-order valence-electron chi connectivity index (χ0n) is 29.9. The molecular weight excluding hydrogens is 542 g/mol. The van der Waals surface area contributed by atoms with Gasteiger partial charge in [-0.3, -0.25) is 0 Å². The lowest BCUT2D eigenvalue weighted by Crippen LogP contribution is -2.48. The van der Waals surface area contributed by atoms with Crippen molar-refractivity contribution >= 4 is 0 Å². The van der Waals surface area contributed by atoms with Crippen LogP contribution in [0.25, 0.3) is 0 Å². The van der Waals surface area contributed by atoms with E-state index in [1.54, 1.807) is 0 Å². The first-order valence-corrected chi connectivity index (χ1v) is 19.5. The molecule has 0 amide bonds. The predicted molar refractivity (Wildman–Crippen MR) is 201 cm³/mol. The van der Waals surface area contributed by atoms with Crippen LogP contribution >= 0.6 is 0 Å². The van der Waals surface area contributed by atoms with Crippen LogP contribution in [0.2, 0.25) is 0 Å². The summed E-state index contributed by atoms with van der Waals surface area (Å²) in [6.07, 6.45) is 39.5. The van der Waals surface area contributed by atoms with Crippen molar-refractivity contribution in [2.45, 2.75) is 168 Å². The van der Waals surface area contributed by atoms with Crippen LogP contribution in [0.5, 0.6) is 0 Å². The van der Waals surface area contributed by atoms with Gasteiger partial charge in [0.25, 0.3) is 0 Å². The Labute approximate surface area is 281 Å². The summed E-state index contributed by atoms with van der Waals surface area (Å²) in [6.45, 7) is 9.45. The van der Waals surface area contributed by atoms with E-state index in [-0.39, 0.29) is 0 Å². The molecule has 0 aliphatic carbocycles. The summed E-state index contributed by atoms with van der Waals surface area (Å²) >= 11 is 0. The molecule has 0 bridgehead atoms. The van der Waals surface area contributed by atoms with Crippen molar-refractivity contribution in [3.05, 3.63) is 96.1 Å². The molecule has 0 fully saturated rings. The number of benzene rings is 2. The first-order chi connectivity index (χ1) is 22.3. The molecule has 2 aromatic rings. The van der Waals surface area contributed by atoms with Gasteiger partial charge >= 0.3 is 0 Å². The maximum absolute atomic E-state index is 2.40. The fourth-order valence-electron chi connectivity index (χ4n) is 6.77. The third-order valence-corrected chi connectivity index (χ3v) is 9.47. The first kappa shape index (κ1) is 39.1. The van der Waals surface area contributed by atoms with Gasteiger partial charge in [0.15, 0.2) is 0 Å². The molecule has 252 valence electrons. The van der Waals surface area contributed by atoms with Gasteiger partial charge in [0.2, 0.25) is 0 Å². The highest BCUT2D eigenvalue weighted by atomic mass is 15.3. The second-order valence-corrected chi connectivity index (χ2v) is 13.8. The maximum atomic E-state index is 2.40. The van der Waals surface area contributed by atoms with Crippen molar-refractivity contribution < 1.29 is 4.48 Å². The van der Waals surface area contributed by atoms with Crippen LogP contribution in [-0.2, 0) is 13.1 Å². The van der Waals surface area contributed by atoms with E-state index in [0.29, 0.717) is 0 Å².